The van der Waals surface area contributed by atoms with E-state index in [9.17, 15) is 4.79 Å². The number of hydrogen-bond acceptors (Lipinski definition) is 4. The molecule has 27 heavy (non-hydrogen) atoms. The van der Waals surface area contributed by atoms with Crippen LogP contribution in [0.15, 0.2) is 66.9 Å². The van der Waals surface area contributed by atoms with E-state index in [4.69, 9.17) is 22.1 Å². The Hall–Kier alpha value is -2.89. The van der Waals surface area contributed by atoms with Crippen LogP contribution in [0.4, 0.5) is 0 Å². The monoisotopic (exact) mass is 381 g/mol. The van der Waals surface area contributed by atoms with Gasteiger partial charge < -0.3 is 15.8 Å². The molecule has 5 nitrogen and oxygen atoms in total. The summed E-state index contributed by atoms with van der Waals surface area (Å²) in [5, 5.41) is 4.18. The molecule has 0 radical (unpaired) electrons. The van der Waals surface area contributed by atoms with Gasteiger partial charge in [-0.1, -0.05) is 35.9 Å². The van der Waals surface area contributed by atoms with Crippen molar-refractivity contribution in [2.45, 2.75) is 13.0 Å². The van der Waals surface area contributed by atoms with Crippen molar-refractivity contribution in [3.63, 3.8) is 0 Å². The van der Waals surface area contributed by atoms with Crippen LogP contribution in [-0.2, 0) is 13.0 Å². The van der Waals surface area contributed by atoms with Gasteiger partial charge in [0.25, 0.3) is 0 Å². The van der Waals surface area contributed by atoms with Gasteiger partial charge in [0, 0.05) is 29.4 Å². The molecule has 0 fully saturated rings. The molecule has 2 aromatic carbocycles. The number of rotatable bonds is 8. The highest BCUT2D eigenvalue weighted by Crippen LogP contribution is 2.20. The number of carbonyl (C=O) groups excluding carboxylic acids is 1. The molecule has 3 rings (SSSR count). The predicted octanol–water partition coefficient (Wildman–Crippen LogP) is 3.96. The number of nitrogens with one attached hydrogen (secondary N) is 1. The maximum absolute atomic E-state index is 11.1. The molecule has 1 heterocycles. The summed E-state index contributed by atoms with van der Waals surface area (Å²) < 4.78 is 5.67. The summed E-state index contributed by atoms with van der Waals surface area (Å²) in [6, 6.07) is 18.2. The first-order valence-corrected chi connectivity index (χ1v) is 8.96. The van der Waals surface area contributed by atoms with Crippen LogP contribution in [0.5, 0.6) is 11.6 Å². The van der Waals surface area contributed by atoms with E-state index < -0.39 is 5.91 Å². The fourth-order valence-electron chi connectivity index (χ4n) is 2.54. The van der Waals surface area contributed by atoms with Crippen LogP contribution in [0, 0.1) is 0 Å². The number of pyridine rings is 1. The maximum atomic E-state index is 11.1. The number of carbonyl (C=O) groups is 1. The third-order valence-corrected chi connectivity index (χ3v) is 4.39. The molecule has 6 heteroatoms. The highest BCUT2D eigenvalue weighted by atomic mass is 35.5. The molecular formula is C21H20ClN3O2. The maximum Gasteiger partial charge on any atom is 0.248 e. The van der Waals surface area contributed by atoms with Crippen molar-refractivity contribution in [2.24, 2.45) is 5.73 Å². The largest absolute Gasteiger partial charge is 0.439 e. The predicted molar refractivity (Wildman–Crippen MR) is 106 cm³/mol. The number of nitrogens with zero attached hydrogens (tertiary/aromatic N) is 1. The summed E-state index contributed by atoms with van der Waals surface area (Å²) in [6.07, 6.45) is 2.64. The van der Waals surface area contributed by atoms with Crippen molar-refractivity contribution >= 4 is 17.5 Å². The SMILES string of the molecule is NC(=O)c1ccc(Oc2ccc(CNCCc3ccccc3Cl)cn2)cc1. The molecule has 0 saturated heterocycles. The van der Waals surface area contributed by atoms with Crippen molar-refractivity contribution in [3.8, 4) is 11.6 Å². The lowest BCUT2D eigenvalue weighted by atomic mass is 10.1. The number of aromatic nitrogens is 1. The summed E-state index contributed by atoms with van der Waals surface area (Å²) in [7, 11) is 0. The molecule has 0 saturated carbocycles. The van der Waals surface area contributed by atoms with Gasteiger partial charge in [0.05, 0.1) is 0 Å². The van der Waals surface area contributed by atoms with Gasteiger partial charge >= 0.3 is 0 Å². The van der Waals surface area contributed by atoms with Crippen molar-refractivity contribution in [3.05, 3.63) is 88.6 Å². The van der Waals surface area contributed by atoms with E-state index in [1.807, 2.05) is 36.4 Å². The van der Waals surface area contributed by atoms with Crippen LogP contribution in [0.1, 0.15) is 21.5 Å². The van der Waals surface area contributed by atoms with Crippen LogP contribution in [0.25, 0.3) is 0 Å². The normalized spacial score (nSPS) is 10.6. The summed E-state index contributed by atoms with van der Waals surface area (Å²) in [4.78, 5) is 15.4. The Morgan fingerprint density at radius 1 is 1.07 bits per heavy atom. The topological polar surface area (TPSA) is 77.2 Å². The molecule has 1 aromatic heterocycles. The molecule has 138 valence electrons. The highest BCUT2D eigenvalue weighted by molar-refractivity contribution is 6.31. The molecule has 0 aliphatic heterocycles. The molecular weight excluding hydrogens is 362 g/mol. The van der Waals surface area contributed by atoms with E-state index in [1.54, 1.807) is 30.5 Å². The number of ether oxygens (including phenoxy) is 1. The van der Waals surface area contributed by atoms with Gasteiger partial charge in [-0.25, -0.2) is 4.98 Å². The van der Waals surface area contributed by atoms with Crippen molar-refractivity contribution in [1.82, 2.24) is 10.3 Å². The molecule has 0 bridgehead atoms. The number of halogens is 1. The lowest BCUT2D eigenvalue weighted by molar-refractivity contribution is 0.100. The summed E-state index contributed by atoms with van der Waals surface area (Å²) in [5.74, 6) is 0.617. The summed E-state index contributed by atoms with van der Waals surface area (Å²) >= 11 is 6.15. The van der Waals surface area contributed by atoms with E-state index in [1.165, 1.54) is 0 Å². The van der Waals surface area contributed by atoms with Gasteiger partial charge in [-0.2, -0.15) is 0 Å². The Balaban J connectivity index is 1.47. The third kappa shape index (κ3) is 5.54. The smallest absolute Gasteiger partial charge is 0.248 e. The fourth-order valence-corrected chi connectivity index (χ4v) is 2.77. The fraction of sp³-hybridized carbons (Fsp3) is 0.143. The van der Waals surface area contributed by atoms with E-state index in [2.05, 4.69) is 10.3 Å². The lowest BCUT2D eigenvalue weighted by Gasteiger charge is -2.08. The first-order chi connectivity index (χ1) is 13.1. The van der Waals surface area contributed by atoms with Crippen LogP contribution < -0.4 is 15.8 Å². The Labute approximate surface area is 163 Å². The first-order valence-electron chi connectivity index (χ1n) is 8.58. The first kappa shape index (κ1) is 18.9. The average molecular weight is 382 g/mol. The molecule has 0 spiro atoms. The molecule has 0 atom stereocenters. The zero-order chi connectivity index (χ0) is 19.1. The second kappa shape index (κ2) is 9.16. The van der Waals surface area contributed by atoms with Crippen molar-refractivity contribution in [2.75, 3.05) is 6.54 Å². The van der Waals surface area contributed by atoms with Crippen LogP contribution in [0.2, 0.25) is 5.02 Å². The minimum absolute atomic E-state index is 0.438. The third-order valence-electron chi connectivity index (χ3n) is 4.02. The molecule has 3 aromatic rings. The number of hydrogen-bond donors (Lipinski definition) is 2. The Morgan fingerprint density at radius 3 is 2.52 bits per heavy atom. The molecule has 1 amide bonds. The summed E-state index contributed by atoms with van der Waals surface area (Å²) in [5.41, 5.74) is 7.85. The molecule has 0 aliphatic rings. The molecule has 0 aliphatic carbocycles. The van der Waals surface area contributed by atoms with Gasteiger partial charge in [0.1, 0.15) is 5.75 Å². The second-order valence-electron chi connectivity index (χ2n) is 6.01. The zero-order valence-corrected chi connectivity index (χ0v) is 15.4. The average Bonchev–Trinajstić information content (AvgIpc) is 2.68. The van der Waals surface area contributed by atoms with Gasteiger partial charge in [0.2, 0.25) is 11.8 Å². The van der Waals surface area contributed by atoms with Crippen molar-refractivity contribution in [1.29, 1.82) is 0 Å². The molecule has 3 N–H and O–H groups in total. The summed E-state index contributed by atoms with van der Waals surface area (Å²) in [6.45, 7) is 1.54. The van der Waals surface area contributed by atoms with Crippen LogP contribution >= 0.6 is 11.6 Å². The minimum atomic E-state index is -0.467. The van der Waals surface area contributed by atoms with Crippen LogP contribution in [0.3, 0.4) is 0 Å². The van der Waals surface area contributed by atoms with E-state index >= 15 is 0 Å². The van der Waals surface area contributed by atoms with Crippen LogP contribution in [-0.4, -0.2) is 17.4 Å². The second-order valence-corrected chi connectivity index (χ2v) is 6.42. The van der Waals surface area contributed by atoms with Gasteiger partial charge in [0.15, 0.2) is 0 Å². The highest BCUT2D eigenvalue weighted by Gasteiger charge is 2.03. The number of benzene rings is 2. The Morgan fingerprint density at radius 2 is 1.85 bits per heavy atom. The van der Waals surface area contributed by atoms with Gasteiger partial charge in [-0.15, -0.1) is 0 Å². The van der Waals surface area contributed by atoms with Crippen molar-refractivity contribution < 1.29 is 9.53 Å². The quantitative estimate of drug-likeness (QED) is 0.579. The minimum Gasteiger partial charge on any atom is -0.439 e. The number of amides is 1. The Bertz CT molecular complexity index is 896. The number of nitrogens with two attached hydrogens (primary N) is 1. The zero-order valence-electron chi connectivity index (χ0n) is 14.7. The number of primary amides is 1. The standard InChI is InChI=1S/C21H20ClN3O2/c22-19-4-2-1-3-16(19)11-12-24-13-15-5-10-20(25-14-15)27-18-8-6-17(7-9-18)21(23)26/h1-10,14,24H,11-13H2,(H2,23,26). The molecule has 0 unspecified atom stereocenters. The van der Waals surface area contributed by atoms with E-state index in [0.717, 1.165) is 29.1 Å². The lowest BCUT2D eigenvalue weighted by Crippen LogP contribution is -2.16. The van der Waals surface area contributed by atoms with E-state index in [-0.39, 0.29) is 0 Å². The van der Waals surface area contributed by atoms with Gasteiger partial charge in [-0.05, 0) is 54.4 Å². The van der Waals surface area contributed by atoms with Gasteiger partial charge in [-0.3, -0.25) is 4.79 Å². The Kier molecular flexibility index (Phi) is 6.41. The van der Waals surface area contributed by atoms with E-state index in [0.29, 0.717) is 23.7 Å².